The quantitative estimate of drug-likeness (QED) is 0.283. The summed E-state index contributed by atoms with van der Waals surface area (Å²) < 4.78 is 69.5. The largest absolute Gasteiger partial charge is 0.487 e. The van der Waals surface area contributed by atoms with Gasteiger partial charge in [-0.2, -0.15) is 13.2 Å². The molecule has 0 heterocycles. The Bertz CT molecular complexity index is 810. The molecule has 0 aliphatic rings. The Hall–Kier alpha value is -2.57. The van der Waals surface area contributed by atoms with Crippen molar-refractivity contribution in [1.82, 2.24) is 5.32 Å². The first-order valence-corrected chi connectivity index (χ1v) is 9.84. The lowest BCUT2D eigenvalue weighted by Gasteiger charge is -2.18. The first-order chi connectivity index (χ1) is 14.2. The monoisotopic (exact) mass is 443 g/mol. The Morgan fingerprint density at radius 3 is 2.13 bits per heavy atom. The Kier molecular flexibility index (Phi) is 9.53. The van der Waals surface area contributed by atoms with Crippen LogP contribution in [-0.4, -0.2) is 18.6 Å². The van der Waals surface area contributed by atoms with Gasteiger partial charge in [0, 0.05) is 18.2 Å². The Balaban J connectivity index is 2.56. The van der Waals surface area contributed by atoms with Gasteiger partial charge in [0.05, 0.1) is 5.56 Å². The van der Waals surface area contributed by atoms with E-state index in [2.05, 4.69) is 18.5 Å². The molecule has 0 saturated carbocycles. The lowest BCUT2D eigenvalue weighted by atomic mass is 10.0. The number of hydrogen-bond acceptors (Lipinski definition) is 2. The molecule has 0 aliphatic heterocycles. The van der Waals surface area contributed by atoms with Crippen LogP contribution < -0.4 is 10.1 Å². The molecule has 0 radical (unpaired) electrons. The molecule has 1 N–H and O–H groups in total. The van der Waals surface area contributed by atoms with Crippen LogP contribution in [0.4, 0.5) is 22.0 Å². The van der Waals surface area contributed by atoms with Crippen molar-refractivity contribution in [3.8, 4) is 5.75 Å². The van der Waals surface area contributed by atoms with Gasteiger partial charge in [-0.15, -0.1) is 0 Å². The van der Waals surface area contributed by atoms with Gasteiger partial charge >= 0.3 is 6.18 Å². The van der Waals surface area contributed by atoms with Crippen LogP contribution in [-0.2, 0) is 6.18 Å². The molecule has 31 heavy (non-hydrogen) atoms. The molecule has 0 aliphatic carbocycles. The van der Waals surface area contributed by atoms with E-state index in [1.807, 2.05) is 20.8 Å². The molecule has 1 atom stereocenters. The van der Waals surface area contributed by atoms with Gasteiger partial charge < -0.3 is 10.1 Å². The van der Waals surface area contributed by atoms with Crippen molar-refractivity contribution in [2.75, 3.05) is 6.61 Å². The van der Waals surface area contributed by atoms with E-state index in [0.717, 1.165) is 35.8 Å². The lowest BCUT2D eigenvalue weighted by Crippen LogP contribution is -2.28. The molecule has 1 aromatic rings. The van der Waals surface area contributed by atoms with Gasteiger partial charge in [0.2, 0.25) is 5.92 Å². The van der Waals surface area contributed by atoms with Crippen LogP contribution >= 0.6 is 0 Å². The van der Waals surface area contributed by atoms with Gasteiger partial charge in [-0.05, 0) is 69.5 Å². The summed E-state index contributed by atoms with van der Waals surface area (Å²) in [5, 5.41) is 3.11. The standard InChI is InChI=1S/C24H30F5NO/c1-16(2)20(13-14-23(6,25)26)8-7-17(3)19(5)30-18(4)15-31-22-11-9-21(10-12-22)24(27,28)29/h7-12,19,30H,3-4,13-15H2,1-2,5-6H3/b8-7-. The van der Waals surface area contributed by atoms with E-state index < -0.39 is 17.7 Å². The number of hydrogen-bond donors (Lipinski definition) is 1. The Morgan fingerprint density at radius 2 is 1.65 bits per heavy atom. The summed E-state index contributed by atoms with van der Waals surface area (Å²) >= 11 is 0. The fraction of sp³-hybridized carbons (Fsp3) is 0.417. The molecule has 0 spiro atoms. The van der Waals surface area contributed by atoms with Crippen molar-refractivity contribution in [2.24, 2.45) is 0 Å². The minimum Gasteiger partial charge on any atom is -0.487 e. The fourth-order valence-electron chi connectivity index (χ4n) is 2.56. The molecule has 1 unspecified atom stereocenters. The first-order valence-electron chi connectivity index (χ1n) is 9.84. The van der Waals surface area contributed by atoms with Crippen molar-refractivity contribution in [2.45, 2.75) is 58.7 Å². The zero-order valence-electron chi connectivity index (χ0n) is 18.4. The number of halogens is 5. The summed E-state index contributed by atoms with van der Waals surface area (Å²) in [7, 11) is 0. The Labute approximate surface area is 181 Å². The number of alkyl halides is 5. The molecular formula is C24H30F5NO. The number of rotatable bonds is 11. The molecule has 1 rings (SSSR count). The molecular weight excluding hydrogens is 413 g/mol. The molecule has 7 heteroatoms. The third-order valence-electron chi connectivity index (χ3n) is 4.55. The summed E-state index contributed by atoms with van der Waals surface area (Å²) in [6.07, 6.45) is -0.780. The number of allylic oxidation sites excluding steroid dienone is 3. The van der Waals surface area contributed by atoms with Crippen LogP contribution in [0.5, 0.6) is 5.75 Å². The Morgan fingerprint density at radius 1 is 1.06 bits per heavy atom. The van der Waals surface area contributed by atoms with Gasteiger partial charge in [0.25, 0.3) is 0 Å². The fourth-order valence-corrected chi connectivity index (χ4v) is 2.56. The second-order valence-corrected chi connectivity index (χ2v) is 7.78. The van der Waals surface area contributed by atoms with Gasteiger partial charge in [0.15, 0.2) is 0 Å². The van der Waals surface area contributed by atoms with Crippen molar-refractivity contribution < 1.29 is 26.7 Å². The van der Waals surface area contributed by atoms with Crippen LogP contribution in [0.3, 0.4) is 0 Å². The highest BCUT2D eigenvalue weighted by molar-refractivity contribution is 5.32. The smallest absolute Gasteiger partial charge is 0.416 e. The second-order valence-electron chi connectivity index (χ2n) is 7.78. The second kappa shape index (κ2) is 11.2. The lowest BCUT2D eigenvalue weighted by molar-refractivity contribution is -0.137. The summed E-state index contributed by atoms with van der Waals surface area (Å²) in [5.74, 6) is -2.42. The zero-order valence-corrected chi connectivity index (χ0v) is 18.4. The van der Waals surface area contributed by atoms with Gasteiger partial charge in [-0.25, -0.2) is 8.78 Å². The first kappa shape index (κ1) is 26.5. The van der Waals surface area contributed by atoms with Crippen LogP contribution in [0, 0.1) is 0 Å². The van der Waals surface area contributed by atoms with Crippen molar-refractivity contribution >= 4 is 0 Å². The molecule has 1 aromatic carbocycles. The number of nitrogens with one attached hydrogen (secondary N) is 1. The topological polar surface area (TPSA) is 21.3 Å². The number of ether oxygens (including phenoxy) is 1. The molecule has 0 fully saturated rings. The average Bonchev–Trinajstić information content (AvgIpc) is 2.64. The molecule has 0 amide bonds. The normalized spacial score (nSPS) is 13.1. The third kappa shape index (κ3) is 10.3. The van der Waals surface area contributed by atoms with Crippen molar-refractivity contribution in [1.29, 1.82) is 0 Å². The maximum Gasteiger partial charge on any atom is 0.416 e. The van der Waals surface area contributed by atoms with Gasteiger partial charge in [-0.3, -0.25) is 0 Å². The van der Waals surface area contributed by atoms with E-state index in [1.165, 1.54) is 12.1 Å². The minimum atomic E-state index is -4.39. The maximum absolute atomic E-state index is 13.1. The van der Waals surface area contributed by atoms with Gasteiger partial charge in [0.1, 0.15) is 12.4 Å². The highest BCUT2D eigenvalue weighted by Crippen LogP contribution is 2.30. The van der Waals surface area contributed by atoms with Crippen molar-refractivity contribution in [3.63, 3.8) is 0 Å². The van der Waals surface area contributed by atoms with E-state index >= 15 is 0 Å². The van der Waals surface area contributed by atoms with Crippen molar-refractivity contribution in [3.05, 3.63) is 77.6 Å². The predicted molar refractivity (Wildman–Crippen MR) is 115 cm³/mol. The van der Waals surface area contributed by atoms with E-state index in [1.54, 1.807) is 12.2 Å². The molecule has 2 nitrogen and oxygen atoms in total. The highest BCUT2D eigenvalue weighted by Gasteiger charge is 2.30. The van der Waals surface area contributed by atoms with E-state index in [-0.39, 0.29) is 25.5 Å². The van der Waals surface area contributed by atoms with E-state index in [0.29, 0.717) is 11.4 Å². The summed E-state index contributed by atoms with van der Waals surface area (Å²) in [6, 6.07) is 4.21. The minimum absolute atomic E-state index is 0.0670. The molecule has 0 saturated heterocycles. The summed E-state index contributed by atoms with van der Waals surface area (Å²) in [6.45, 7) is 14.4. The van der Waals surface area contributed by atoms with Crippen LogP contribution in [0.25, 0.3) is 0 Å². The van der Waals surface area contributed by atoms with Crippen LogP contribution in [0.2, 0.25) is 0 Å². The number of benzene rings is 1. The van der Waals surface area contributed by atoms with E-state index in [9.17, 15) is 22.0 Å². The zero-order chi connectivity index (χ0) is 23.8. The summed E-state index contributed by atoms with van der Waals surface area (Å²) in [4.78, 5) is 0. The SMILES string of the molecule is C=C(COc1ccc(C(F)(F)F)cc1)NC(C)C(=C)/C=C\C(CCC(C)(F)F)=C(C)C. The average molecular weight is 444 g/mol. The predicted octanol–water partition coefficient (Wildman–Crippen LogP) is 7.46. The van der Waals surface area contributed by atoms with Crippen LogP contribution in [0.15, 0.2) is 72.0 Å². The summed E-state index contributed by atoms with van der Waals surface area (Å²) in [5.41, 5.74) is 2.29. The van der Waals surface area contributed by atoms with E-state index in [4.69, 9.17) is 4.74 Å². The third-order valence-corrected chi connectivity index (χ3v) is 4.55. The molecule has 172 valence electrons. The van der Waals surface area contributed by atoms with Crippen LogP contribution in [0.1, 0.15) is 46.1 Å². The van der Waals surface area contributed by atoms with Gasteiger partial charge in [-0.1, -0.05) is 30.9 Å². The molecule has 0 bridgehead atoms. The maximum atomic E-state index is 13.1. The molecule has 0 aromatic heterocycles. The highest BCUT2D eigenvalue weighted by atomic mass is 19.4.